The molecule has 4 nitrogen and oxygen atoms in total. The van der Waals surface area contributed by atoms with Gasteiger partial charge in [0.05, 0.1) is 26.9 Å². The first-order valence-electron chi connectivity index (χ1n) is 8.96. The summed E-state index contributed by atoms with van der Waals surface area (Å²) in [5.41, 5.74) is 4.95. The van der Waals surface area contributed by atoms with Crippen LogP contribution in [0, 0.1) is 0 Å². The molecule has 0 saturated carbocycles. The average Bonchev–Trinajstić information content (AvgIpc) is 2.67. The first-order chi connectivity index (χ1) is 12.2. The van der Waals surface area contributed by atoms with Crippen molar-refractivity contribution in [2.45, 2.75) is 32.7 Å². The Morgan fingerprint density at radius 3 is 2.44 bits per heavy atom. The van der Waals surface area contributed by atoms with Crippen molar-refractivity contribution in [2.75, 3.05) is 27.4 Å². The number of aryl methyl sites for hydroxylation is 1. The number of fused-ring (bicyclic) bond motifs is 1. The average molecular weight is 341 g/mol. The molecule has 4 heteroatoms. The highest BCUT2D eigenvalue weighted by Crippen LogP contribution is 2.42. The van der Waals surface area contributed by atoms with Gasteiger partial charge in [-0.15, -0.1) is 0 Å². The molecule has 0 aromatic heterocycles. The molecule has 25 heavy (non-hydrogen) atoms. The summed E-state index contributed by atoms with van der Waals surface area (Å²) in [7, 11) is 3.42. The molecule has 2 aromatic rings. The summed E-state index contributed by atoms with van der Waals surface area (Å²) in [5, 5.41) is 3.65. The second-order valence-corrected chi connectivity index (χ2v) is 6.16. The molecule has 2 aromatic carbocycles. The van der Waals surface area contributed by atoms with Crippen LogP contribution >= 0.6 is 0 Å². The highest BCUT2D eigenvalue weighted by molar-refractivity contribution is 5.56. The number of rotatable bonds is 6. The van der Waals surface area contributed by atoms with Crippen LogP contribution in [0.25, 0.3) is 0 Å². The number of hydrogen-bond acceptors (Lipinski definition) is 4. The molecule has 0 spiro atoms. The Hall–Kier alpha value is -2.20. The van der Waals surface area contributed by atoms with Crippen LogP contribution in [0.5, 0.6) is 17.2 Å². The SMILES string of the molecule is CCOc1c(OC)ccc2c1CCNC2c1cc(CC)ccc1OC. The zero-order valence-electron chi connectivity index (χ0n) is 15.5. The molecule has 0 radical (unpaired) electrons. The van der Waals surface area contributed by atoms with Gasteiger partial charge in [-0.2, -0.15) is 0 Å². The Kier molecular flexibility index (Phi) is 5.49. The second kappa shape index (κ2) is 7.79. The Labute approximate surface area is 150 Å². The van der Waals surface area contributed by atoms with Gasteiger partial charge in [0, 0.05) is 17.7 Å². The summed E-state index contributed by atoms with van der Waals surface area (Å²) in [6.07, 6.45) is 1.93. The standard InChI is InChI=1S/C21H27NO3/c1-5-14-7-9-18(23-3)17(13-14)20-15-8-10-19(24-4)21(25-6-2)16(15)11-12-22-20/h7-10,13,20,22H,5-6,11-12H2,1-4H3. The van der Waals surface area contributed by atoms with Gasteiger partial charge in [-0.1, -0.05) is 25.1 Å². The number of hydrogen-bond donors (Lipinski definition) is 1. The Bertz CT molecular complexity index is 742. The first kappa shape index (κ1) is 17.6. The van der Waals surface area contributed by atoms with Gasteiger partial charge >= 0.3 is 0 Å². The van der Waals surface area contributed by atoms with Crippen LogP contribution < -0.4 is 19.5 Å². The highest BCUT2D eigenvalue weighted by atomic mass is 16.5. The summed E-state index contributed by atoms with van der Waals surface area (Å²) < 4.78 is 17.1. The smallest absolute Gasteiger partial charge is 0.164 e. The number of nitrogens with one attached hydrogen (secondary N) is 1. The van der Waals surface area contributed by atoms with Crippen LogP contribution in [0.4, 0.5) is 0 Å². The lowest BCUT2D eigenvalue weighted by Gasteiger charge is -2.30. The minimum absolute atomic E-state index is 0.0929. The molecule has 0 aliphatic carbocycles. The van der Waals surface area contributed by atoms with Gasteiger partial charge in [0.2, 0.25) is 0 Å². The zero-order chi connectivity index (χ0) is 17.8. The van der Waals surface area contributed by atoms with E-state index in [2.05, 4.69) is 36.5 Å². The Balaban J connectivity index is 2.13. The van der Waals surface area contributed by atoms with Crippen molar-refractivity contribution < 1.29 is 14.2 Å². The summed E-state index contributed by atoms with van der Waals surface area (Å²) in [4.78, 5) is 0. The lowest BCUT2D eigenvalue weighted by atomic mass is 9.87. The highest BCUT2D eigenvalue weighted by Gasteiger charge is 2.28. The van der Waals surface area contributed by atoms with E-state index < -0.39 is 0 Å². The minimum Gasteiger partial charge on any atom is -0.496 e. The van der Waals surface area contributed by atoms with Gasteiger partial charge in [0.1, 0.15) is 5.75 Å². The maximum atomic E-state index is 5.93. The molecule has 1 atom stereocenters. The molecule has 3 rings (SSSR count). The van der Waals surface area contributed by atoms with Crippen LogP contribution in [0.2, 0.25) is 0 Å². The van der Waals surface area contributed by atoms with E-state index in [1.807, 2.05) is 13.0 Å². The molecule has 1 heterocycles. The van der Waals surface area contributed by atoms with Crippen LogP contribution in [0.15, 0.2) is 30.3 Å². The first-order valence-corrected chi connectivity index (χ1v) is 8.96. The Morgan fingerprint density at radius 2 is 1.76 bits per heavy atom. The Morgan fingerprint density at radius 1 is 1.00 bits per heavy atom. The van der Waals surface area contributed by atoms with E-state index in [1.165, 1.54) is 22.3 Å². The maximum absolute atomic E-state index is 5.93. The maximum Gasteiger partial charge on any atom is 0.164 e. The van der Waals surface area contributed by atoms with E-state index >= 15 is 0 Å². The van der Waals surface area contributed by atoms with Crippen molar-refractivity contribution in [3.63, 3.8) is 0 Å². The fourth-order valence-electron chi connectivity index (χ4n) is 3.57. The van der Waals surface area contributed by atoms with E-state index in [-0.39, 0.29) is 6.04 Å². The third kappa shape index (κ3) is 3.31. The third-order valence-electron chi connectivity index (χ3n) is 4.82. The normalized spacial score (nSPS) is 16.2. The number of methoxy groups -OCH3 is 2. The van der Waals surface area contributed by atoms with E-state index in [9.17, 15) is 0 Å². The van der Waals surface area contributed by atoms with E-state index in [4.69, 9.17) is 14.2 Å². The van der Waals surface area contributed by atoms with E-state index in [1.54, 1.807) is 14.2 Å². The molecule has 0 saturated heterocycles. The fraction of sp³-hybridized carbons (Fsp3) is 0.429. The molecule has 0 fully saturated rings. The van der Waals surface area contributed by atoms with E-state index in [0.717, 1.165) is 36.6 Å². The molecule has 1 aliphatic rings. The topological polar surface area (TPSA) is 39.7 Å². The van der Waals surface area contributed by atoms with Crippen LogP contribution in [-0.2, 0) is 12.8 Å². The molecule has 1 N–H and O–H groups in total. The molecular formula is C21H27NO3. The summed E-state index contributed by atoms with van der Waals surface area (Å²) in [6.45, 7) is 5.70. The molecule has 134 valence electrons. The van der Waals surface area contributed by atoms with E-state index in [0.29, 0.717) is 6.61 Å². The monoisotopic (exact) mass is 341 g/mol. The van der Waals surface area contributed by atoms with Gasteiger partial charge in [-0.25, -0.2) is 0 Å². The van der Waals surface area contributed by atoms with Crippen molar-refractivity contribution in [2.24, 2.45) is 0 Å². The zero-order valence-corrected chi connectivity index (χ0v) is 15.5. The predicted molar refractivity (Wildman–Crippen MR) is 100 cm³/mol. The fourth-order valence-corrected chi connectivity index (χ4v) is 3.57. The minimum atomic E-state index is 0.0929. The molecule has 0 bridgehead atoms. The van der Waals surface area contributed by atoms with Gasteiger partial charge < -0.3 is 19.5 Å². The van der Waals surface area contributed by atoms with Gasteiger partial charge in [-0.05, 0) is 43.0 Å². The van der Waals surface area contributed by atoms with Crippen molar-refractivity contribution in [3.05, 3.63) is 52.6 Å². The molecule has 1 unspecified atom stereocenters. The van der Waals surface area contributed by atoms with Crippen LogP contribution in [-0.4, -0.2) is 27.4 Å². The van der Waals surface area contributed by atoms with Gasteiger partial charge in [-0.3, -0.25) is 0 Å². The summed E-state index contributed by atoms with van der Waals surface area (Å²) >= 11 is 0. The van der Waals surface area contributed by atoms with Crippen LogP contribution in [0.1, 0.15) is 42.1 Å². The second-order valence-electron chi connectivity index (χ2n) is 6.16. The predicted octanol–water partition coefficient (Wildman–Crippen LogP) is 3.90. The third-order valence-corrected chi connectivity index (χ3v) is 4.82. The summed E-state index contributed by atoms with van der Waals surface area (Å²) in [5.74, 6) is 2.59. The van der Waals surface area contributed by atoms with Gasteiger partial charge in [0.15, 0.2) is 11.5 Å². The van der Waals surface area contributed by atoms with Crippen molar-refractivity contribution in [1.82, 2.24) is 5.32 Å². The van der Waals surface area contributed by atoms with Crippen molar-refractivity contribution in [3.8, 4) is 17.2 Å². The van der Waals surface area contributed by atoms with Crippen molar-refractivity contribution >= 4 is 0 Å². The largest absolute Gasteiger partial charge is 0.496 e. The molecule has 0 amide bonds. The lowest BCUT2D eigenvalue weighted by Crippen LogP contribution is -2.31. The lowest BCUT2D eigenvalue weighted by molar-refractivity contribution is 0.305. The molecular weight excluding hydrogens is 314 g/mol. The number of benzene rings is 2. The summed E-state index contributed by atoms with van der Waals surface area (Å²) in [6, 6.07) is 10.7. The quantitative estimate of drug-likeness (QED) is 0.865. The number of ether oxygens (including phenoxy) is 3. The van der Waals surface area contributed by atoms with Crippen LogP contribution in [0.3, 0.4) is 0 Å². The van der Waals surface area contributed by atoms with Gasteiger partial charge in [0.25, 0.3) is 0 Å². The van der Waals surface area contributed by atoms with Crippen molar-refractivity contribution in [1.29, 1.82) is 0 Å². The molecule has 1 aliphatic heterocycles.